The summed E-state index contributed by atoms with van der Waals surface area (Å²) in [5.74, 6) is 0.376. The quantitative estimate of drug-likeness (QED) is 0.542. The van der Waals surface area contributed by atoms with Gasteiger partial charge in [-0.2, -0.15) is 4.31 Å². The van der Waals surface area contributed by atoms with Gasteiger partial charge in [-0.05, 0) is 73.5 Å². The molecule has 2 aromatic carbocycles. The number of rotatable bonds is 7. The molecule has 0 radical (unpaired) electrons. The van der Waals surface area contributed by atoms with Crippen molar-refractivity contribution in [3.63, 3.8) is 0 Å². The number of aromatic nitrogens is 1. The van der Waals surface area contributed by atoms with Crippen molar-refractivity contribution in [2.24, 2.45) is 5.92 Å². The maximum Gasteiger partial charge on any atom is 0.243 e. The van der Waals surface area contributed by atoms with E-state index in [0.717, 1.165) is 12.1 Å². The van der Waals surface area contributed by atoms with Gasteiger partial charge in [0.05, 0.1) is 12.0 Å². The predicted octanol–water partition coefficient (Wildman–Crippen LogP) is 4.06. The van der Waals surface area contributed by atoms with Gasteiger partial charge in [-0.1, -0.05) is 0 Å². The molecular weight excluding hydrogens is 461 g/mol. The highest BCUT2D eigenvalue weighted by molar-refractivity contribution is 7.89. The molecule has 0 aliphatic carbocycles. The van der Waals surface area contributed by atoms with Gasteiger partial charge in [0, 0.05) is 25.2 Å². The molecule has 1 N–H and O–H groups in total. The number of hydrogen-bond donors (Lipinski definition) is 1. The Kier molecular flexibility index (Phi) is 7.09. The number of nitrogens with one attached hydrogen (secondary N) is 1. The number of pyridine rings is 1. The molecule has 8 nitrogen and oxygen atoms in total. The Morgan fingerprint density at radius 3 is 2.32 bits per heavy atom. The van der Waals surface area contributed by atoms with E-state index >= 15 is 0 Å². The van der Waals surface area contributed by atoms with Crippen LogP contribution >= 0.6 is 0 Å². The van der Waals surface area contributed by atoms with Crippen molar-refractivity contribution in [2.75, 3.05) is 25.5 Å². The number of ether oxygens (including phenoxy) is 2. The van der Waals surface area contributed by atoms with Crippen molar-refractivity contribution in [3.8, 4) is 17.4 Å². The van der Waals surface area contributed by atoms with E-state index in [9.17, 15) is 17.6 Å². The molecule has 3 aromatic rings. The minimum Gasteiger partial charge on any atom is -0.497 e. The number of benzene rings is 2. The second-order valence-electron chi connectivity index (χ2n) is 7.76. The van der Waals surface area contributed by atoms with E-state index in [-0.39, 0.29) is 35.7 Å². The molecule has 4 rings (SSSR count). The van der Waals surface area contributed by atoms with E-state index in [1.54, 1.807) is 49.7 Å². The Labute approximate surface area is 197 Å². The number of carbonyl (C=O) groups excluding carboxylic acids is 1. The monoisotopic (exact) mass is 485 g/mol. The van der Waals surface area contributed by atoms with E-state index in [0.29, 0.717) is 30.0 Å². The standard InChI is InChI=1S/C24H24FN3O5S/c1-32-19-6-8-20(9-7-19)33-24-22(3-2-14-26-24)27-23(29)17-12-15-28(16-13-17)34(30,31)21-10-4-18(25)5-11-21/h2-11,14,17H,12-13,15-16H2,1H3,(H,27,29). The minimum atomic E-state index is -3.74. The molecule has 0 spiro atoms. The topological polar surface area (TPSA) is 97.8 Å². The van der Waals surface area contributed by atoms with Crippen LogP contribution in [0.5, 0.6) is 17.4 Å². The Bertz CT molecular complexity index is 1240. The van der Waals surface area contributed by atoms with Gasteiger partial charge >= 0.3 is 0 Å². The summed E-state index contributed by atoms with van der Waals surface area (Å²) in [7, 11) is -2.16. The fourth-order valence-electron chi connectivity index (χ4n) is 3.67. The highest BCUT2D eigenvalue weighted by atomic mass is 32.2. The maximum atomic E-state index is 13.1. The third kappa shape index (κ3) is 5.35. The number of methoxy groups -OCH3 is 1. The lowest BCUT2D eigenvalue weighted by Crippen LogP contribution is -2.41. The van der Waals surface area contributed by atoms with Gasteiger partial charge < -0.3 is 14.8 Å². The maximum absolute atomic E-state index is 13.1. The largest absolute Gasteiger partial charge is 0.497 e. The van der Waals surface area contributed by atoms with Crippen LogP contribution in [0.25, 0.3) is 0 Å². The zero-order chi connectivity index (χ0) is 24.1. The first kappa shape index (κ1) is 23.7. The molecule has 2 heterocycles. The van der Waals surface area contributed by atoms with Crippen LogP contribution in [0.1, 0.15) is 12.8 Å². The lowest BCUT2D eigenvalue weighted by atomic mass is 9.97. The molecule has 1 aliphatic heterocycles. The Balaban J connectivity index is 1.38. The zero-order valence-corrected chi connectivity index (χ0v) is 19.3. The number of halogens is 1. The van der Waals surface area contributed by atoms with Gasteiger partial charge in [0.1, 0.15) is 23.0 Å². The van der Waals surface area contributed by atoms with Gasteiger partial charge in [0.2, 0.25) is 21.8 Å². The molecule has 1 amide bonds. The molecule has 1 saturated heterocycles. The zero-order valence-electron chi connectivity index (χ0n) is 18.5. The van der Waals surface area contributed by atoms with Gasteiger partial charge in [-0.25, -0.2) is 17.8 Å². The van der Waals surface area contributed by atoms with Crippen molar-refractivity contribution >= 4 is 21.6 Å². The Morgan fingerprint density at radius 2 is 1.68 bits per heavy atom. The number of sulfonamides is 1. The van der Waals surface area contributed by atoms with Crippen molar-refractivity contribution < 1.29 is 27.1 Å². The molecule has 0 atom stereocenters. The fourth-order valence-corrected chi connectivity index (χ4v) is 5.14. The number of anilines is 1. The van der Waals surface area contributed by atoms with Crippen molar-refractivity contribution in [1.82, 2.24) is 9.29 Å². The third-order valence-corrected chi connectivity index (χ3v) is 7.49. The summed E-state index contributed by atoms with van der Waals surface area (Å²) >= 11 is 0. The SMILES string of the molecule is COc1ccc(Oc2ncccc2NC(=O)C2CCN(S(=O)(=O)c3ccc(F)cc3)CC2)cc1. The highest BCUT2D eigenvalue weighted by Gasteiger charge is 2.32. The normalized spacial score (nSPS) is 15.0. The summed E-state index contributed by atoms with van der Waals surface area (Å²) in [5.41, 5.74) is 0.421. The molecule has 1 fully saturated rings. The molecule has 0 bridgehead atoms. The molecule has 34 heavy (non-hydrogen) atoms. The van der Waals surface area contributed by atoms with Gasteiger partial charge in [-0.15, -0.1) is 0 Å². The second kappa shape index (κ2) is 10.2. The third-order valence-electron chi connectivity index (χ3n) is 5.58. The molecule has 0 unspecified atom stereocenters. The van der Waals surface area contributed by atoms with Crippen LogP contribution in [0.4, 0.5) is 10.1 Å². The summed E-state index contributed by atoms with van der Waals surface area (Å²) in [6.07, 6.45) is 2.29. The number of carbonyl (C=O) groups is 1. The van der Waals surface area contributed by atoms with E-state index in [1.165, 1.54) is 16.4 Å². The van der Waals surface area contributed by atoms with Gasteiger partial charge in [0.25, 0.3) is 0 Å². The van der Waals surface area contributed by atoms with Crippen molar-refractivity contribution in [2.45, 2.75) is 17.7 Å². The molecule has 1 aliphatic rings. The van der Waals surface area contributed by atoms with Crippen LogP contribution in [0.3, 0.4) is 0 Å². The molecule has 10 heteroatoms. The van der Waals surface area contributed by atoms with Gasteiger partial charge in [-0.3, -0.25) is 4.79 Å². The first-order valence-corrected chi connectivity index (χ1v) is 12.1. The molecule has 1 aromatic heterocycles. The Morgan fingerprint density at radius 1 is 1.03 bits per heavy atom. The van der Waals surface area contributed by atoms with E-state index in [2.05, 4.69) is 10.3 Å². The number of hydrogen-bond acceptors (Lipinski definition) is 6. The van der Waals surface area contributed by atoms with E-state index in [1.807, 2.05) is 0 Å². The Hall–Kier alpha value is -3.50. The summed E-state index contributed by atoms with van der Waals surface area (Å²) in [5, 5.41) is 2.85. The van der Waals surface area contributed by atoms with Gasteiger partial charge in [0.15, 0.2) is 0 Å². The smallest absolute Gasteiger partial charge is 0.243 e. The molecule has 178 valence electrons. The average molecular weight is 486 g/mol. The highest BCUT2D eigenvalue weighted by Crippen LogP contribution is 2.30. The average Bonchev–Trinajstić information content (AvgIpc) is 2.86. The first-order valence-electron chi connectivity index (χ1n) is 10.7. The summed E-state index contributed by atoms with van der Waals surface area (Å²) in [6.45, 7) is 0.389. The number of nitrogens with zero attached hydrogens (tertiary/aromatic N) is 2. The lowest BCUT2D eigenvalue weighted by Gasteiger charge is -2.30. The molecular formula is C24H24FN3O5S. The van der Waals surface area contributed by atoms with Crippen LogP contribution in [0, 0.1) is 11.7 Å². The van der Waals surface area contributed by atoms with E-state index in [4.69, 9.17) is 9.47 Å². The first-order chi connectivity index (χ1) is 16.4. The lowest BCUT2D eigenvalue weighted by molar-refractivity contribution is -0.120. The van der Waals surface area contributed by atoms with Crippen LogP contribution in [0.2, 0.25) is 0 Å². The van der Waals surface area contributed by atoms with Crippen LogP contribution in [0.15, 0.2) is 71.8 Å². The minimum absolute atomic E-state index is 0.0347. The van der Waals surface area contributed by atoms with Crippen LogP contribution in [-0.4, -0.2) is 43.8 Å². The summed E-state index contributed by atoms with van der Waals surface area (Å²) in [4.78, 5) is 17.2. The summed E-state index contributed by atoms with van der Waals surface area (Å²) in [6, 6.07) is 15.1. The summed E-state index contributed by atoms with van der Waals surface area (Å²) < 4.78 is 51.0. The van der Waals surface area contributed by atoms with Crippen molar-refractivity contribution in [3.05, 3.63) is 72.7 Å². The predicted molar refractivity (Wildman–Crippen MR) is 124 cm³/mol. The number of piperidine rings is 1. The van der Waals surface area contributed by atoms with E-state index < -0.39 is 15.8 Å². The number of amides is 1. The second-order valence-corrected chi connectivity index (χ2v) is 9.69. The molecule has 0 saturated carbocycles. The van der Waals surface area contributed by atoms with Crippen LogP contribution in [-0.2, 0) is 14.8 Å². The fraction of sp³-hybridized carbons (Fsp3) is 0.250. The van der Waals surface area contributed by atoms with Crippen molar-refractivity contribution in [1.29, 1.82) is 0 Å². The van der Waals surface area contributed by atoms with Crippen LogP contribution < -0.4 is 14.8 Å².